The van der Waals surface area contributed by atoms with Crippen molar-refractivity contribution in [1.29, 1.82) is 0 Å². The molecule has 0 N–H and O–H groups in total. The van der Waals surface area contributed by atoms with E-state index in [2.05, 4.69) is 59.7 Å². The molecule has 2 atom stereocenters. The standard InChI is InChI=1S/C18H32N2O/c1-13(2)15-8-10-18(5,14-9-11-21-12-14)16(19-15)17(3,4)20(6)7/h8,13-14H,9-12H2,1-7H3/t14-,18?/m0/s1. The lowest BCUT2D eigenvalue weighted by Crippen LogP contribution is -2.55. The normalized spacial score (nSPS) is 30.8. The summed E-state index contributed by atoms with van der Waals surface area (Å²) >= 11 is 0. The third kappa shape index (κ3) is 2.95. The predicted molar refractivity (Wildman–Crippen MR) is 89.8 cm³/mol. The second kappa shape index (κ2) is 5.85. The fourth-order valence-electron chi connectivity index (χ4n) is 3.52. The van der Waals surface area contributed by atoms with Gasteiger partial charge in [-0.05, 0) is 52.6 Å². The lowest BCUT2D eigenvalue weighted by atomic mass is 9.64. The highest BCUT2D eigenvalue weighted by molar-refractivity contribution is 5.99. The maximum Gasteiger partial charge on any atom is 0.0537 e. The molecule has 0 aromatic carbocycles. The molecule has 21 heavy (non-hydrogen) atoms. The van der Waals surface area contributed by atoms with Crippen molar-refractivity contribution >= 4 is 5.71 Å². The Morgan fingerprint density at radius 2 is 2.05 bits per heavy atom. The predicted octanol–water partition coefficient (Wildman–Crippen LogP) is 3.75. The molecule has 120 valence electrons. The molecule has 3 nitrogen and oxygen atoms in total. The number of ether oxygens (including phenoxy) is 1. The van der Waals surface area contributed by atoms with Crippen molar-refractivity contribution in [3.63, 3.8) is 0 Å². The fourth-order valence-corrected chi connectivity index (χ4v) is 3.52. The van der Waals surface area contributed by atoms with Crippen molar-refractivity contribution in [3.05, 3.63) is 11.8 Å². The third-order valence-corrected chi connectivity index (χ3v) is 5.64. The SMILES string of the molecule is CC(C)C1=CCC(C)([C@H]2CCOC2)C(C(C)(C)N(C)C)=N1. The van der Waals surface area contributed by atoms with Crippen LogP contribution in [0.2, 0.25) is 0 Å². The molecule has 2 aliphatic heterocycles. The number of aliphatic imine (C=N–C) groups is 1. The van der Waals surface area contributed by atoms with E-state index in [0.717, 1.165) is 26.1 Å². The van der Waals surface area contributed by atoms with Gasteiger partial charge >= 0.3 is 0 Å². The van der Waals surface area contributed by atoms with Crippen LogP contribution in [0.1, 0.15) is 47.5 Å². The average Bonchev–Trinajstić information content (AvgIpc) is 2.92. The van der Waals surface area contributed by atoms with E-state index in [1.165, 1.54) is 11.4 Å². The van der Waals surface area contributed by atoms with E-state index in [-0.39, 0.29) is 11.0 Å². The number of rotatable bonds is 4. The topological polar surface area (TPSA) is 24.8 Å². The highest BCUT2D eigenvalue weighted by Crippen LogP contribution is 2.45. The van der Waals surface area contributed by atoms with Crippen molar-refractivity contribution in [3.8, 4) is 0 Å². The molecule has 1 unspecified atom stereocenters. The van der Waals surface area contributed by atoms with Gasteiger partial charge in [0.25, 0.3) is 0 Å². The molecule has 1 saturated heterocycles. The molecule has 0 aromatic rings. The largest absolute Gasteiger partial charge is 0.381 e. The third-order valence-electron chi connectivity index (χ3n) is 5.64. The first-order chi connectivity index (χ1) is 9.69. The van der Waals surface area contributed by atoms with Crippen LogP contribution in [0, 0.1) is 17.3 Å². The summed E-state index contributed by atoms with van der Waals surface area (Å²) < 4.78 is 5.68. The first kappa shape index (κ1) is 16.7. The lowest BCUT2D eigenvalue weighted by molar-refractivity contribution is 0.154. The van der Waals surface area contributed by atoms with Gasteiger partial charge in [0.15, 0.2) is 0 Å². The van der Waals surface area contributed by atoms with E-state index in [1.54, 1.807) is 0 Å². The summed E-state index contributed by atoms with van der Waals surface area (Å²) in [7, 11) is 4.31. The highest BCUT2D eigenvalue weighted by atomic mass is 16.5. The van der Waals surface area contributed by atoms with Crippen LogP contribution < -0.4 is 0 Å². The molecule has 0 spiro atoms. The van der Waals surface area contributed by atoms with Gasteiger partial charge in [-0.3, -0.25) is 9.89 Å². The van der Waals surface area contributed by atoms with Gasteiger partial charge in [0.2, 0.25) is 0 Å². The van der Waals surface area contributed by atoms with Crippen LogP contribution in [-0.2, 0) is 4.74 Å². The summed E-state index contributed by atoms with van der Waals surface area (Å²) in [6.07, 6.45) is 4.60. The first-order valence-electron chi connectivity index (χ1n) is 8.24. The Morgan fingerprint density at radius 1 is 1.38 bits per heavy atom. The summed E-state index contributed by atoms with van der Waals surface area (Å²) in [6, 6.07) is 0. The van der Waals surface area contributed by atoms with E-state index in [0.29, 0.717) is 11.8 Å². The second-order valence-electron chi connectivity index (χ2n) is 7.88. The van der Waals surface area contributed by atoms with Crippen LogP contribution in [-0.4, -0.2) is 43.5 Å². The van der Waals surface area contributed by atoms with Crippen molar-refractivity contribution in [2.75, 3.05) is 27.3 Å². The lowest BCUT2D eigenvalue weighted by Gasteiger charge is -2.47. The quantitative estimate of drug-likeness (QED) is 0.788. The molecule has 2 aliphatic rings. The Bertz CT molecular complexity index is 442. The zero-order valence-electron chi connectivity index (χ0n) is 14.9. The van der Waals surface area contributed by atoms with Gasteiger partial charge < -0.3 is 4.74 Å². The molecule has 1 fully saturated rings. The van der Waals surface area contributed by atoms with Crippen LogP contribution in [0.5, 0.6) is 0 Å². The Balaban J connectivity index is 2.45. The van der Waals surface area contributed by atoms with Crippen molar-refractivity contribution in [1.82, 2.24) is 4.90 Å². The minimum atomic E-state index is -0.0360. The van der Waals surface area contributed by atoms with Crippen LogP contribution >= 0.6 is 0 Å². The zero-order chi connectivity index (χ0) is 15.8. The van der Waals surface area contributed by atoms with E-state index in [4.69, 9.17) is 9.73 Å². The summed E-state index contributed by atoms with van der Waals surface area (Å²) in [6.45, 7) is 13.2. The van der Waals surface area contributed by atoms with E-state index < -0.39 is 0 Å². The van der Waals surface area contributed by atoms with Gasteiger partial charge in [0, 0.05) is 23.4 Å². The molecule has 0 radical (unpaired) electrons. The Morgan fingerprint density at radius 3 is 2.52 bits per heavy atom. The first-order valence-corrected chi connectivity index (χ1v) is 8.24. The van der Waals surface area contributed by atoms with Crippen LogP contribution in [0.25, 0.3) is 0 Å². The van der Waals surface area contributed by atoms with Gasteiger partial charge in [-0.2, -0.15) is 0 Å². The molecule has 2 rings (SSSR count). The fraction of sp³-hybridized carbons (Fsp3) is 0.833. The van der Waals surface area contributed by atoms with Gasteiger partial charge in [-0.25, -0.2) is 0 Å². The number of allylic oxidation sites excluding steroid dienone is 2. The molecule has 3 heteroatoms. The average molecular weight is 292 g/mol. The van der Waals surface area contributed by atoms with Crippen LogP contribution in [0.15, 0.2) is 16.8 Å². The molecule has 0 saturated carbocycles. The van der Waals surface area contributed by atoms with Gasteiger partial charge in [0.05, 0.1) is 12.1 Å². The van der Waals surface area contributed by atoms with Crippen molar-refractivity contribution in [2.24, 2.45) is 22.2 Å². The second-order valence-corrected chi connectivity index (χ2v) is 7.88. The molecule has 2 heterocycles. The maximum absolute atomic E-state index is 5.68. The maximum atomic E-state index is 5.68. The van der Waals surface area contributed by atoms with Crippen LogP contribution in [0.4, 0.5) is 0 Å². The molecular formula is C18H32N2O. The van der Waals surface area contributed by atoms with Crippen molar-refractivity contribution < 1.29 is 4.74 Å². The molecule has 0 amide bonds. The van der Waals surface area contributed by atoms with E-state index in [1.807, 2.05) is 0 Å². The van der Waals surface area contributed by atoms with E-state index in [9.17, 15) is 0 Å². The summed E-state index contributed by atoms with van der Waals surface area (Å²) in [4.78, 5) is 7.45. The Labute approximate surface area is 130 Å². The minimum Gasteiger partial charge on any atom is -0.381 e. The van der Waals surface area contributed by atoms with Gasteiger partial charge in [0.1, 0.15) is 0 Å². The number of hydrogen-bond acceptors (Lipinski definition) is 3. The molecular weight excluding hydrogens is 260 g/mol. The van der Waals surface area contributed by atoms with Crippen LogP contribution in [0.3, 0.4) is 0 Å². The zero-order valence-corrected chi connectivity index (χ0v) is 14.9. The van der Waals surface area contributed by atoms with Gasteiger partial charge in [-0.15, -0.1) is 0 Å². The summed E-state index contributed by atoms with van der Waals surface area (Å²) in [5.74, 6) is 1.07. The Hall–Kier alpha value is -0.670. The smallest absolute Gasteiger partial charge is 0.0537 e. The number of hydrogen-bond donors (Lipinski definition) is 0. The summed E-state index contributed by atoms with van der Waals surface area (Å²) in [5, 5.41) is 0. The minimum absolute atomic E-state index is 0.0360. The van der Waals surface area contributed by atoms with E-state index >= 15 is 0 Å². The molecule has 0 aliphatic carbocycles. The monoisotopic (exact) mass is 292 g/mol. The highest BCUT2D eigenvalue weighted by Gasteiger charge is 2.48. The summed E-state index contributed by atoms with van der Waals surface area (Å²) in [5.41, 5.74) is 2.66. The molecule has 0 aromatic heterocycles. The molecule has 0 bridgehead atoms. The number of nitrogens with zero attached hydrogens (tertiary/aromatic N) is 2. The van der Waals surface area contributed by atoms with Gasteiger partial charge in [-0.1, -0.05) is 26.8 Å². The Kier molecular flexibility index (Phi) is 4.65. The van der Waals surface area contributed by atoms with Crippen molar-refractivity contribution in [2.45, 2.75) is 53.0 Å².